The van der Waals surface area contributed by atoms with E-state index in [0.717, 1.165) is 11.1 Å². The number of nitrogens with one attached hydrogen (secondary N) is 1. The van der Waals surface area contributed by atoms with Gasteiger partial charge in [0.2, 0.25) is 11.1 Å². The van der Waals surface area contributed by atoms with Crippen LogP contribution in [0, 0.1) is 13.8 Å². The molecule has 0 aliphatic rings. The molecule has 0 saturated carbocycles. The van der Waals surface area contributed by atoms with E-state index in [4.69, 9.17) is 5.11 Å². The number of carbonyl (C=O) groups is 1. The van der Waals surface area contributed by atoms with Crippen LogP contribution in [0.15, 0.2) is 16.9 Å². The Balaban J connectivity index is 2.90. The minimum absolute atomic E-state index is 0.357. The number of fused-ring (bicyclic) bond motifs is 1. The molecule has 1 aromatic carbocycles. The molecule has 0 radical (unpaired) electrons. The molecule has 5 nitrogen and oxygen atoms in total. The summed E-state index contributed by atoms with van der Waals surface area (Å²) in [4.78, 5) is 22.5. The third-order valence-electron chi connectivity index (χ3n) is 2.58. The van der Waals surface area contributed by atoms with Crippen molar-refractivity contribution in [3.05, 3.63) is 39.2 Å². The van der Waals surface area contributed by atoms with Crippen LogP contribution in [0.4, 0.5) is 0 Å². The van der Waals surface area contributed by atoms with Crippen molar-refractivity contribution in [2.75, 3.05) is 0 Å². The van der Waals surface area contributed by atoms with Gasteiger partial charge in [0.25, 0.3) is 0 Å². The van der Waals surface area contributed by atoms with Gasteiger partial charge < -0.3 is 5.11 Å². The third kappa shape index (κ3) is 1.46. The summed E-state index contributed by atoms with van der Waals surface area (Å²) in [6.07, 6.45) is 0. The zero-order valence-electron chi connectivity index (χ0n) is 8.87. The highest BCUT2D eigenvalue weighted by Gasteiger charge is 2.13. The lowest BCUT2D eigenvalue weighted by atomic mass is 10.1. The van der Waals surface area contributed by atoms with E-state index in [1.807, 2.05) is 13.8 Å². The largest absolute Gasteiger partial charge is 0.476 e. The molecule has 1 aromatic heterocycles. The van der Waals surface area contributed by atoms with E-state index in [9.17, 15) is 9.59 Å². The Kier molecular flexibility index (Phi) is 2.23. The van der Waals surface area contributed by atoms with Crippen LogP contribution < -0.4 is 5.43 Å². The number of hydrogen-bond donors (Lipinski definition) is 2. The molecule has 1 heterocycles. The van der Waals surface area contributed by atoms with Crippen molar-refractivity contribution in [1.82, 2.24) is 10.2 Å². The molecule has 0 bridgehead atoms. The number of benzene rings is 1. The SMILES string of the molecule is Cc1cc2[nH]nc(C(=O)O)c(=O)c2cc1C. The summed E-state index contributed by atoms with van der Waals surface area (Å²) in [6.45, 7) is 3.78. The second kappa shape index (κ2) is 3.44. The van der Waals surface area contributed by atoms with Crippen LogP contribution in [0.5, 0.6) is 0 Å². The van der Waals surface area contributed by atoms with Crippen molar-refractivity contribution in [2.45, 2.75) is 13.8 Å². The Morgan fingerprint density at radius 1 is 1.31 bits per heavy atom. The number of aromatic amines is 1. The number of aryl methyl sites for hydroxylation is 2. The lowest BCUT2D eigenvalue weighted by molar-refractivity contribution is 0.0688. The van der Waals surface area contributed by atoms with Gasteiger partial charge in [-0.1, -0.05) is 0 Å². The Bertz CT molecular complexity index is 643. The van der Waals surface area contributed by atoms with Crippen LogP contribution in [-0.4, -0.2) is 21.3 Å². The molecule has 0 aliphatic carbocycles. The first-order chi connectivity index (χ1) is 7.50. The van der Waals surface area contributed by atoms with Crippen LogP contribution in [-0.2, 0) is 0 Å². The van der Waals surface area contributed by atoms with Gasteiger partial charge in [-0.2, -0.15) is 5.10 Å². The first-order valence-corrected chi connectivity index (χ1v) is 4.73. The smallest absolute Gasteiger partial charge is 0.360 e. The second-order valence-corrected chi connectivity index (χ2v) is 3.69. The Labute approximate surface area is 90.7 Å². The molecule has 16 heavy (non-hydrogen) atoms. The van der Waals surface area contributed by atoms with Crippen molar-refractivity contribution in [3.8, 4) is 0 Å². The van der Waals surface area contributed by atoms with Crippen molar-refractivity contribution in [1.29, 1.82) is 0 Å². The van der Waals surface area contributed by atoms with Gasteiger partial charge in [-0.3, -0.25) is 9.89 Å². The van der Waals surface area contributed by atoms with Crippen LogP contribution in [0.1, 0.15) is 21.6 Å². The van der Waals surface area contributed by atoms with E-state index in [2.05, 4.69) is 10.2 Å². The van der Waals surface area contributed by atoms with Gasteiger partial charge in [0, 0.05) is 5.39 Å². The van der Waals surface area contributed by atoms with Gasteiger partial charge >= 0.3 is 5.97 Å². The molecule has 0 saturated heterocycles. The predicted octanol–water partition coefficient (Wildman–Crippen LogP) is 1.24. The molecule has 0 amide bonds. The number of nitrogens with zero attached hydrogens (tertiary/aromatic N) is 1. The summed E-state index contributed by atoms with van der Waals surface area (Å²) < 4.78 is 0. The van der Waals surface area contributed by atoms with Crippen LogP contribution in [0.2, 0.25) is 0 Å². The average molecular weight is 218 g/mol. The number of aromatic nitrogens is 2. The van der Waals surface area contributed by atoms with E-state index in [-0.39, 0.29) is 0 Å². The molecule has 0 spiro atoms. The summed E-state index contributed by atoms with van der Waals surface area (Å²) in [6, 6.07) is 3.46. The standard InChI is InChI=1S/C11H10N2O3/c1-5-3-7-8(4-6(5)2)12-13-9(10(7)14)11(15)16/h3-4H,1-2H3,(H,12,14)(H,15,16). The minimum atomic E-state index is -1.32. The van der Waals surface area contributed by atoms with E-state index in [1.165, 1.54) is 0 Å². The maximum Gasteiger partial charge on any atom is 0.360 e. The molecular weight excluding hydrogens is 208 g/mol. The fourth-order valence-electron chi connectivity index (χ4n) is 1.54. The Hall–Kier alpha value is -2.17. The summed E-state index contributed by atoms with van der Waals surface area (Å²) in [5.41, 5.74) is 1.49. The molecule has 82 valence electrons. The fraction of sp³-hybridized carbons (Fsp3) is 0.182. The second-order valence-electron chi connectivity index (χ2n) is 3.69. The monoisotopic (exact) mass is 218 g/mol. The van der Waals surface area contributed by atoms with E-state index < -0.39 is 17.1 Å². The molecule has 2 rings (SSSR count). The van der Waals surface area contributed by atoms with Gasteiger partial charge in [-0.15, -0.1) is 0 Å². The summed E-state index contributed by atoms with van der Waals surface area (Å²) >= 11 is 0. The number of carboxylic acids is 1. The fourth-order valence-corrected chi connectivity index (χ4v) is 1.54. The first kappa shape index (κ1) is 10.4. The molecule has 5 heteroatoms. The van der Waals surface area contributed by atoms with Crippen LogP contribution in [0.3, 0.4) is 0 Å². The van der Waals surface area contributed by atoms with Crippen molar-refractivity contribution < 1.29 is 9.90 Å². The summed E-state index contributed by atoms with van der Waals surface area (Å²) in [7, 11) is 0. The zero-order valence-corrected chi connectivity index (χ0v) is 8.87. The van der Waals surface area contributed by atoms with Gasteiger partial charge in [-0.25, -0.2) is 4.79 Å². The average Bonchev–Trinajstić information content (AvgIpc) is 2.21. The molecule has 2 N–H and O–H groups in total. The minimum Gasteiger partial charge on any atom is -0.476 e. The number of hydrogen-bond acceptors (Lipinski definition) is 3. The van der Waals surface area contributed by atoms with Gasteiger partial charge in [0.05, 0.1) is 5.52 Å². The Morgan fingerprint density at radius 3 is 2.56 bits per heavy atom. The molecule has 0 unspecified atom stereocenters. The Morgan fingerprint density at radius 2 is 1.94 bits per heavy atom. The molecule has 2 aromatic rings. The number of carboxylic acid groups (broad SMARTS) is 1. The third-order valence-corrected chi connectivity index (χ3v) is 2.58. The van der Waals surface area contributed by atoms with Gasteiger partial charge in [0.15, 0.2) is 0 Å². The number of rotatable bonds is 1. The lowest BCUT2D eigenvalue weighted by Crippen LogP contribution is -2.18. The van der Waals surface area contributed by atoms with E-state index in [1.54, 1.807) is 12.1 Å². The lowest BCUT2D eigenvalue weighted by Gasteiger charge is -2.03. The predicted molar refractivity (Wildman–Crippen MR) is 58.8 cm³/mol. The maximum atomic E-state index is 11.8. The van der Waals surface area contributed by atoms with Crippen molar-refractivity contribution in [2.24, 2.45) is 0 Å². The van der Waals surface area contributed by atoms with Crippen LogP contribution in [0.25, 0.3) is 10.9 Å². The maximum absolute atomic E-state index is 11.8. The van der Waals surface area contributed by atoms with Crippen LogP contribution >= 0.6 is 0 Å². The van der Waals surface area contributed by atoms with E-state index >= 15 is 0 Å². The molecule has 0 fully saturated rings. The molecule has 0 atom stereocenters. The van der Waals surface area contributed by atoms with Crippen molar-refractivity contribution >= 4 is 16.9 Å². The molecule has 0 aliphatic heterocycles. The van der Waals surface area contributed by atoms with Gasteiger partial charge in [-0.05, 0) is 37.1 Å². The quantitative estimate of drug-likeness (QED) is 0.754. The van der Waals surface area contributed by atoms with Gasteiger partial charge in [0.1, 0.15) is 0 Å². The zero-order chi connectivity index (χ0) is 11.9. The summed E-state index contributed by atoms with van der Waals surface area (Å²) in [5, 5.41) is 15.2. The number of H-pyrrole nitrogens is 1. The molecular formula is C11H10N2O3. The van der Waals surface area contributed by atoms with Crippen molar-refractivity contribution in [3.63, 3.8) is 0 Å². The highest BCUT2D eigenvalue weighted by molar-refractivity contribution is 5.90. The highest BCUT2D eigenvalue weighted by Crippen LogP contribution is 2.14. The normalized spacial score (nSPS) is 10.6. The highest BCUT2D eigenvalue weighted by atomic mass is 16.4. The number of aromatic carboxylic acids is 1. The first-order valence-electron chi connectivity index (χ1n) is 4.73. The van der Waals surface area contributed by atoms with E-state index in [0.29, 0.717) is 10.9 Å². The summed E-state index contributed by atoms with van der Waals surface area (Å²) in [5.74, 6) is -1.32. The topological polar surface area (TPSA) is 83.1 Å².